The van der Waals surface area contributed by atoms with Gasteiger partial charge in [-0.25, -0.2) is 0 Å². The molecule has 2 aliphatic rings. The van der Waals surface area contributed by atoms with E-state index in [0.29, 0.717) is 22.4 Å². The summed E-state index contributed by atoms with van der Waals surface area (Å²) in [6.45, 7) is 1.76. The first kappa shape index (κ1) is 13.8. The molecule has 21 heavy (non-hydrogen) atoms. The third-order valence-corrected chi connectivity index (χ3v) is 4.37. The molecule has 4 nitrogen and oxygen atoms in total. The average molecular weight is 284 g/mol. The third-order valence-electron chi connectivity index (χ3n) is 4.37. The molecule has 0 N–H and O–H groups in total. The van der Waals surface area contributed by atoms with Gasteiger partial charge in [0.25, 0.3) is 0 Å². The zero-order valence-electron chi connectivity index (χ0n) is 12.2. The fourth-order valence-corrected chi connectivity index (χ4v) is 3.18. The van der Waals surface area contributed by atoms with Crippen molar-refractivity contribution < 1.29 is 19.1 Å². The molecule has 0 aromatic heterocycles. The van der Waals surface area contributed by atoms with Gasteiger partial charge < -0.3 is 9.47 Å². The van der Waals surface area contributed by atoms with Gasteiger partial charge in [0.1, 0.15) is 5.75 Å². The molecule has 0 heterocycles. The van der Waals surface area contributed by atoms with Crippen molar-refractivity contribution >= 4 is 11.6 Å². The molecular formula is C17H16O4. The lowest BCUT2D eigenvalue weighted by atomic mass is 9.63. The summed E-state index contributed by atoms with van der Waals surface area (Å²) in [5.74, 6) is 0.143. The number of benzene rings is 1. The number of allylic oxidation sites excluding steroid dienone is 2. The number of hydrogen-bond donors (Lipinski definition) is 0. The van der Waals surface area contributed by atoms with Crippen LogP contribution in [-0.2, 0) is 4.74 Å². The van der Waals surface area contributed by atoms with Crippen LogP contribution >= 0.6 is 0 Å². The highest BCUT2D eigenvalue weighted by Gasteiger charge is 2.52. The maximum absolute atomic E-state index is 13.1. The largest absolute Gasteiger partial charge is 0.496 e. The first-order valence-electron chi connectivity index (χ1n) is 6.74. The molecule has 2 aliphatic carbocycles. The van der Waals surface area contributed by atoms with E-state index in [2.05, 4.69) is 0 Å². The van der Waals surface area contributed by atoms with Crippen LogP contribution in [0.5, 0.6) is 5.75 Å². The second-order valence-electron chi connectivity index (χ2n) is 5.36. The lowest BCUT2D eigenvalue weighted by molar-refractivity contribution is 0.0375. The number of Topliss-reactive ketones (excluding diaryl/α,β-unsaturated/α-hetero) is 2. The summed E-state index contributed by atoms with van der Waals surface area (Å²) < 4.78 is 10.7. The smallest absolute Gasteiger partial charge is 0.191 e. The summed E-state index contributed by atoms with van der Waals surface area (Å²) in [6.07, 6.45) is 4.81. The molecule has 1 aromatic rings. The minimum atomic E-state index is -1.01. The summed E-state index contributed by atoms with van der Waals surface area (Å²) in [7, 11) is 3.04. The highest BCUT2D eigenvalue weighted by Crippen LogP contribution is 2.47. The van der Waals surface area contributed by atoms with E-state index in [0.717, 1.165) is 0 Å². The second-order valence-corrected chi connectivity index (χ2v) is 5.36. The van der Waals surface area contributed by atoms with E-state index in [1.807, 2.05) is 0 Å². The monoisotopic (exact) mass is 284 g/mol. The van der Waals surface area contributed by atoms with Gasteiger partial charge in [0.2, 0.25) is 0 Å². The van der Waals surface area contributed by atoms with Crippen molar-refractivity contribution in [3.05, 3.63) is 53.1 Å². The van der Waals surface area contributed by atoms with Gasteiger partial charge in [-0.3, -0.25) is 9.59 Å². The maximum atomic E-state index is 13.1. The summed E-state index contributed by atoms with van der Waals surface area (Å²) in [5, 5.41) is 0. The third kappa shape index (κ3) is 1.66. The SMILES string of the molecule is COc1cccc2c1C(=O)C1(C)C(=CC=CC1OC)C2=O. The van der Waals surface area contributed by atoms with Gasteiger partial charge in [-0.15, -0.1) is 0 Å². The Morgan fingerprint density at radius 3 is 2.62 bits per heavy atom. The Kier molecular flexibility index (Phi) is 3.06. The molecule has 1 aromatic carbocycles. The van der Waals surface area contributed by atoms with Gasteiger partial charge in [0, 0.05) is 18.2 Å². The summed E-state index contributed by atoms with van der Waals surface area (Å²) in [6, 6.07) is 5.08. The second kappa shape index (κ2) is 4.67. The minimum Gasteiger partial charge on any atom is -0.496 e. The van der Waals surface area contributed by atoms with Gasteiger partial charge in [-0.2, -0.15) is 0 Å². The van der Waals surface area contributed by atoms with Crippen LogP contribution in [0.3, 0.4) is 0 Å². The number of hydrogen-bond acceptors (Lipinski definition) is 4. The standard InChI is InChI=1S/C17H16O4/c1-17-11(7-5-9-13(17)21-3)15(18)10-6-4-8-12(20-2)14(10)16(17)19/h4-9,13H,1-3H3. The number of rotatable bonds is 2. The molecule has 0 aliphatic heterocycles. The predicted molar refractivity (Wildman–Crippen MR) is 77.8 cm³/mol. The number of fused-ring (bicyclic) bond motifs is 2. The van der Waals surface area contributed by atoms with Crippen LogP contribution in [0.25, 0.3) is 0 Å². The maximum Gasteiger partial charge on any atom is 0.191 e. The number of carbonyl (C=O) groups excluding carboxylic acids is 2. The molecule has 3 rings (SSSR count). The molecule has 2 atom stereocenters. The molecule has 0 fully saturated rings. The van der Waals surface area contributed by atoms with E-state index in [9.17, 15) is 9.59 Å². The zero-order valence-corrected chi connectivity index (χ0v) is 12.2. The van der Waals surface area contributed by atoms with Crippen LogP contribution in [0.4, 0.5) is 0 Å². The minimum absolute atomic E-state index is 0.141. The molecule has 0 bridgehead atoms. The van der Waals surface area contributed by atoms with Crippen molar-refractivity contribution in [3.8, 4) is 5.75 Å². The van der Waals surface area contributed by atoms with Crippen molar-refractivity contribution in [1.82, 2.24) is 0 Å². The topological polar surface area (TPSA) is 52.6 Å². The van der Waals surface area contributed by atoms with Crippen LogP contribution in [0.15, 0.2) is 42.0 Å². The summed E-state index contributed by atoms with van der Waals surface area (Å²) in [5.41, 5.74) is 0.209. The van der Waals surface area contributed by atoms with Crippen LogP contribution in [0, 0.1) is 5.41 Å². The first-order chi connectivity index (χ1) is 10.1. The quantitative estimate of drug-likeness (QED) is 0.837. The van der Waals surface area contributed by atoms with E-state index < -0.39 is 11.5 Å². The fourth-order valence-electron chi connectivity index (χ4n) is 3.18. The van der Waals surface area contributed by atoms with E-state index in [-0.39, 0.29) is 11.6 Å². The van der Waals surface area contributed by atoms with Crippen LogP contribution < -0.4 is 4.74 Å². The Balaban J connectivity index is 2.31. The molecule has 108 valence electrons. The molecule has 0 saturated carbocycles. The van der Waals surface area contributed by atoms with Crippen molar-refractivity contribution in [2.24, 2.45) is 5.41 Å². The normalized spacial score (nSPS) is 27.0. The fraction of sp³-hybridized carbons (Fsp3) is 0.294. The molecule has 4 heteroatoms. The lowest BCUT2D eigenvalue weighted by Crippen LogP contribution is -2.48. The van der Waals surface area contributed by atoms with E-state index in [1.165, 1.54) is 7.11 Å². The Hall–Kier alpha value is -2.20. The molecule has 0 saturated heterocycles. The summed E-state index contributed by atoms with van der Waals surface area (Å²) in [4.78, 5) is 25.8. The highest BCUT2D eigenvalue weighted by atomic mass is 16.5. The van der Waals surface area contributed by atoms with Crippen molar-refractivity contribution in [2.45, 2.75) is 13.0 Å². The van der Waals surface area contributed by atoms with Gasteiger partial charge in [0.05, 0.1) is 24.2 Å². The van der Waals surface area contributed by atoms with E-state index in [1.54, 1.807) is 50.5 Å². The van der Waals surface area contributed by atoms with Crippen molar-refractivity contribution in [3.63, 3.8) is 0 Å². The van der Waals surface area contributed by atoms with Crippen LogP contribution in [0.2, 0.25) is 0 Å². The average Bonchev–Trinajstić information content (AvgIpc) is 2.51. The Bertz CT molecular complexity index is 699. The Morgan fingerprint density at radius 2 is 1.95 bits per heavy atom. The highest BCUT2D eigenvalue weighted by molar-refractivity contribution is 6.26. The number of ether oxygens (including phenoxy) is 2. The summed E-state index contributed by atoms with van der Waals surface area (Å²) >= 11 is 0. The Morgan fingerprint density at radius 1 is 1.19 bits per heavy atom. The van der Waals surface area contributed by atoms with Gasteiger partial charge in [0.15, 0.2) is 11.6 Å². The molecule has 0 amide bonds. The number of ketones is 2. The van der Waals surface area contributed by atoms with Crippen LogP contribution in [-0.4, -0.2) is 31.9 Å². The van der Waals surface area contributed by atoms with Gasteiger partial charge in [-0.1, -0.05) is 30.4 Å². The molecular weight excluding hydrogens is 268 g/mol. The van der Waals surface area contributed by atoms with E-state index >= 15 is 0 Å². The van der Waals surface area contributed by atoms with Crippen molar-refractivity contribution in [1.29, 1.82) is 0 Å². The molecule has 0 radical (unpaired) electrons. The first-order valence-corrected chi connectivity index (χ1v) is 6.74. The van der Waals surface area contributed by atoms with Crippen LogP contribution in [0.1, 0.15) is 27.6 Å². The molecule has 0 spiro atoms. The Labute approximate surface area is 123 Å². The van der Waals surface area contributed by atoms with Crippen molar-refractivity contribution in [2.75, 3.05) is 14.2 Å². The van der Waals surface area contributed by atoms with Gasteiger partial charge >= 0.3 is 0 Å². The van der Waals surface area contributed by atoms with E-state index in [4.69, 9.17) is 9.47 Å². The van der Waals surface area contributed by atoms with Gasteiger partial charge in [-0.05, 0) is 13.0 Å². The number of carbonyl (C=O) groups is 2. The lowest BCUT2D eigenvalue weighted by Gasteiger charge is -2.40. The zero-order chi connectivity index (χ0) is 15.2. The predicted octanol–water partition coefficient (Wildman–Crippen LogP) is 2.59. The molecule has 2 unspecified atom stereocenters. The number of methoxy groups -OCH3 is 2.